The van der Waals surface area contributed by atoms with E-state index in [2.05, 4.69) is 10.5 Å². The van der Waals surface area contributed by atoms with Crippen LogP contribution in [-0.4, -0.2) is 53.0 Å². The van der Waals surface area contributed by atoms with Crippen LogP contribution >= 0.6 is 0 Å². The maximum absolute atomic E-state index is 13.6. The zero-order chi connectivity index (χ0) is 27.0. The molecule has 0 aliphatic carbocycles. The Bertz CT molecular complexity index is 1370. The first kappa shape index (κ1) is 27.3. The number of hydrazone groups is 1. The molecular weight excluding hydrogens is 498 g/mol. The highest BCUT2D eigenvalue weighted by molar-refractivity contribution is 7.92. The molecule has 0 bridgehead atoms. The van der Waals surface area contributed by atoms with E-state index in [-0.39, 0.29) is 22.1 Å². The van der Waals surface area contributed by atoms with Crippen LogP contribution in [0.25, 0.3) is 0 Å². The van der Waals surface area contributed by atoms with Crippen molar-refractivity contribution in [3.63, 3.8) is 0 Å². The van der Waals surface area contributed by atoms with Crippen LogP contribution in [0.3, 0.4) is 0 Å². The van der Waals surface area contributed by atoms with Gasteiger partial charge >= 0.3 is 0 Å². The first-order chi connectivity index (χ1) is 17.7. The monoisotopic (exact) mass is 527 g/mol. The first-order valence-electron chi connectivity index (χ1n) is 11.3. The number of hydrogen-bond acceptors (Lipinski definition) is 8. The summed E-state index contributed by atoms with van der Waals surface area (Å²) in [6, 6.07) is 15.6. The predicted octanol–water partition coefficient (Wildman–Crippen LogP) is 3.46. The molecule has 10 nitrogen and oxygen atoms in total. The summed E-state index contributed by atoms with van der Waals surface area (Å²) < 4.78 is 44.0. The summed E-state index contributed by atoms with van der Waals surface area (Å²) >= 11 is 0. The number of aromatic hydroxyl groups is 1. The van der Waals surface area contributed by atoms with E-state index in [0.29, 0.717) is 23.6 Å². The second-order valence-electron chi connectivity index (χ2n) is 7.82. The Kier molecular flexibility index (Phi) is 8.96. The molecule has 196 valence electrons. The van der Waals surface area contributed by atoms with Crippen molar-refractivity contribution in [1.82, 2.24) is 5.43 Å². The van der Waals surface area contributed by atoms with Gasteiger partial charge in [0.25, 0.3) is 15.9 Å². The standard InChI is InChI=1S/C26H29N3O7S/c1-5-36-24-14-19(8-12-22(24)30)16-27-28-26(31)17-29(20-9-6-18(2)7-10-20)37(32,33)21-11-13-23(34-3)25(15-21)35-4/h6-16,30H,5,17H2,1-4H3,(H,28,31)/b27-16-. The number of anilines is 1. The molecule has 0 fully saturated rings. The number of sulfonamides is 1. The van der Waals surface area contributed by atoms with Crippen LogP contribution in [0.1, 0.15) is 18.1 Å². The Morgan fingerprint density at radius 2 is 1.70 bits per heavy atom. The maximum atomic E-state index is 13.6. The van der Waals surface area contributed by atoms with E-state index in [1.54, 1.807) is 43.3 Å². The average molecular weight is 528 g/mol. The quantitative estimate of drug-likeness (QED) is 0.289. The molecule has 0 saturated carbocycles. The minimum absolute atomic E-state index is 0.0165. The third-order valence-electron chi connectivity index (χ3n) is 5.24. The van der Waals surface area contributed by atoms with Gasteiger partial charge in [0, 0.05) is 6.07 Å². The summed E-state index contributed by atoms with van der Waals surface area (Å²) in [5, 5.41) is 13.7. The largest absolute Gasteiger partial charge is 0.504 e. The van der Waals surface area contributed by atoms with Gasteiger partial charge in [-0.1, -0.05) is 17.7 Å². The van der Waals surface area contributed by atoms with Gasteiger partial charge in [0.2, 0.25) is 0 Å². The minimum atomic E-state index is -4.17. The van der Waals surface area contributed by atoms with Crippen LogP contribution in [0.15, 0.2) is 70.7 Å². The average Bonchev–Trinajstić information content (AvgIpc) is 2.89. The van der Waals surface area contributed by atoms with E-state index in [4.69, 9.17) is 14.2 Å². The van der Waals surface area contributed by atoms with E-state index in [9.17, 15) is 18.3 Å². The summed E-state index contributed by atoms with van der Waals surface area (Å²) in [7, 11) is -1.32. The molecule has 0 radical (unpaired) electrons. The van der Waals surface area contributed by atoms with Crippen molar-refractivity contribution >= 4 is 27.8 Å². The van der Waals surface area contributed by atoms with Crippen molar-refractivity contribution in [1.29, 1.82) is 0 Å². The number of rotatable bonds is 11. The number of amides is 1. The predicted molar refractivity (Wildman–Crippen MR) is 140 cm³/mol. The number of nitrogens with zero attached hydrogens (tertiary/aromatic N) is 2. The molecule has 2 N–H and O–H groups in total. The topological polar surface area (TPSA) is 127 Å². The van der Waals surface area contributed by atoms with Crippen molar-refractivity contribution < 1.29 is 32.5 Å². The Balaban J connectivity index is 1.86. The number of ether oxygens (including phenoxy) is 3. The first-order valence-corrected chi connectivity index (χ1v) is 12.7. The van der Waals surface area contributed by atoms with Crippen LogP contribution in [0.5, 0.6) is 23.0 Å². The summed E-state index contributed by atoms with van der Waals surface area (Å²) in [6.07, 6.45) is 1.36. The molecule has 3 aromatic carbocycles. The molecule has 1 amide bonds. The van der Waals surface area contributed by atoms with Gasteiger partial charge in [-0.05, 0) is 61.9 Å². The maximum Gasteiger partial charge on any atom is 0.264 e. The number of methoxy groups -OCH3 is 2. The highest BCUT2D eigenvalue weighted by atomic mass is 32.2. The summed E-state index contributed by atoms with van der Waals surface area (Å²) in [6.45, 7) is 3.50. The van der Waals surface area contributed by atoms with Gasteiger partial charge in [-0.3, -0.25) is 9.10 Å². The lowest BCUT2D eigenvalue weighted by molar-refractivity contribution is -0.119. The Hall–Kier alpha value is -4.25. The van der Waals surface area contributed by atoms with Crippen molar-refractivity contribution in [2.24, 2.45) is 5.10 Å². The van der Waals surface area contributed by atoms with Crippen LogP contribution in [0.4, 0.5) is 5.69 Å². The van der Waals surface area contributed by atoms with E-state index < -0.39 is 22.5 Å². The third kappa shape index (κ3) is 6.70. The lowest BCUT2D eigenvalue weighted by atomic mass is 10.2. The van der Waals surface area contributed by atoms with E-state index in [0.717, 1.165) is 9.87 Å². The van der Waals surface area contributed by atoms with Crippen molar-refractivity contribution in [2.75, 3.05) is 31.7 Å². The highest BCUT2D eigenvalue weighted by Gasteiger charge is 2.28. The van der Waals surface area contributed by atoms with Gasteiger partial charge in [0.1, 0.15) is 6.54 Å². The fourth-order valence-electron chi connectivity index (χ4n) is 3.36. The highest BCUT2D eigenvalue weighted by Crippen LogP contribution is 2.32. The minimum Gasteiger partial charge on any atom is -0.504 e. The van der Waals surface area contributed by atoms with Gasteiger partial charge in [0.15, 0.2) is 23.0 Å². The summed E-state index contributed by atoms with van der Waals surface area (Å²) in [5.74, 6) is 0.213. The second-order valence-corrected chi connectivity index (χ2v) is 9.68. The molecule has 37 heavy (non-hydrogen) atoms. The summed E-state index contributed by atoms with van der Waals surface area (Å²) in [5.41, 5.74) is 4.15. The van der Waals surface area contributed by atoms with E-state index in [1.165, 1.54) is 44.7 Å². The normalized spacial score (nSPS) is 11.2. The molecule has 0 heterocycles. The van der Waals surface area contributed by atoms with Gasteiger partial charge in [0.05, 0.1) is 37.6 Å². The zero-order valence-corrected chi connectivity index (χ0v) is 21.8. The number of carbonyl (C=O) groups excluding carboxylic acids is 1. The molecule has 0 aliphatic rings. The smallest absolute Gasteiger partial charge is 0.264 e. The van der Waals surface area contributed by atoms with Gasteiger partial charge in [-0.15, -0.1) is 0 Å². The van der Waals surface area contributed by atoms with Crippen LogP contribution in [0.2, 0.25) is 0 Å². The third-order valence-corrected chi connectivity index (χ3v) is 7.01. The van der Waals surface area contributed by atoms with E-state index >= 15 is 0 Å². The second kappa shape index (κ2) is 12.1. The number of hydrogen-bond donors (Lipinski definition) is 2. The number of phenolic OH excluding ortho intramolecular Hbond substituents is 1. The van der Waals surface area contributed by atoms with Crippen molar-refractivity contribution in [2.45, 2.75) is 18.7 Å². The molecule has 3 aromatic rings. The number of aryl methyl sites for hydroxylation is 1. The molecular formula is C26H29N3O7S. The van der Waals surface area contributed by atoms with Gasteiger partial charge in [-0.2, -0.15) is 5.10 Å². The molecule has 0 atom stereocenters. The number of phenols is 1. The molecule has 0 saturated heterocycles. The lowest BCUT2D eigenvalue weighted by Crippen LogP contribution is -2.39. The number of nitrogens with one attached hydrogen (secondary N) is 1. The molecule has 0 aliphatic heterocycles. The summed E-state index contributed by atoms with van der Waals surface area (Å²) in [4.78, 5) is 12.7. The molecule has 3 rings (SSSR count). The van der Waals surface area contributed by atoms with Gasteiger partial charge in [-0.25, -0.2) is 13.8 Å². The zero-order valence-electron chi connectivity index (χ0n) is 21.0. The fourth-order valence-corrected chi connectivity index (χ4v) is 4.79. The molecule has 0 spiro atoms. The van der Waals surface area contributed by atoms with Crippen molar-refractivity contribution in [3.8, 4) is 23.0 Å². The Morgan fingerprint density at radius 3 is 2.35 bits per heavy atom. The number of benzene rings is 3. The SMILES string of the molecule is CCOc1cc(/C=N\NC(=O)CN(c2ccc(C)cc2)S(=O)(=O)c2ccc(OC)c(OC)c2)ccc1O. The molecule has 0 aromatic heterocycles. The lowest BCUT2D eigenvalue weighted by Gasteiger charge is -2.24. The molecule has 11 heteroatoms. The fraction of sp³-hybridized carbons (Fsp3) is 0.231. The molecule has 0 unspecified atom stereocenters. The van der Waals surface area contributed by atoms with Crippen LogP contribution < -0.4 is 23.9 Å². The Morgan fingerprint density at radius 1 is 1.00 bits per heavy atom. The van der Waals surface area contributed by atoms with Crippen LogP contribution in [0, 0.1) is 6.92 Å². The van der Waals surface area contributed by atoms with E-state index in [1.807, 2.05) is 6.92 Å². The van der Waals surface area contributed by atoms with Crippen molar-refractivity contribution in [3.05, 3.63) is 71.8 Å². The number of carbonyl (C=O) groups is 1. The van der Waals surface area contributed by atoms with Gasteiger partial charge < -0.3 is 19.3 Å². The van der Waals surface area contributed by atoms with Crippen LogP contribution in [-0.2, 0) is 14.8 Å². The Labute approximate surface area is 216 Å².